The number of rotatable bonds is 0. The Morgan fingerprint density at radius 2 is 1.57 bits per heavy atom. The molecule has 0 unspecified atom stereocenters. The van der Waals surface area contributed by atoms with Crippen LogP contribution in [-0.2, 0) is 6.42 Å². The Morgan fingerprint density at radius 1 is 0.739 bits per heavy atom. The van der Waals surface area contributed by atoms with Crippen LogP contribution < -0.4 is 0 Å². The second-order valence-corrected chi connectivity index (χ2v) is 6.69. The zero-order valence-corrected chi connectivity index (χ0v) is 13.5. The van der Waals surface area contributed by atoms with Gasteiger partial charge < -0.3 is 0 Å². The number of hydrogen-bond acceptors (Lipinski definition) is 0. The van der Waals surface area contributed by atoms with E-state index in [1.807, 2.05) is 0 Å². The molecular weight excluding hydrogens is 276 g/mol. The van der Waals surface area contributed by atoms with Gasteiger partial charge in [-0.3, -0.25) is 0 Å². The fourth-order valence-corrected chi connectivity index (χ4v) is 4.22. The van der Waals surface area contributed by atoms with E-state index in [1.165, 1.54) is 54.6 Å². The van der Waals surface area contributed by atoms with Crippen molar-refractivity contribution in [3.05, 3.63) is 76.9 Å². The van der Waals surface area contributed by atoms with Crippen LogP contribution in [0.2, 0.25) is 0 Å². The van der Waals surface area contributed by atoms with E-state index in [1.54, 1.807) is 0 Å². The highest BCUT2D eigenvalue weighted by Crippen LogP contribution is 2.40. The van der Waals surface area contributed by atoms with E-state index < -0.39 is 0 Å². The van der Waals surface area contributed by atoms with Crippen LogP contribution in [0.15, 0.2) is 54.6 Å². The quantitative estimate of drug-likeness (QED) is 0.332. The largest absolute Gasteiger partial charge is 0.0794 e. The fraction of sp³-hybridized carbons (Fsp3) is 0.130. The monoisotopic (exact) mass is 294 g/mol. The molecule has 110 valence electrons. The summed E-state index contributed by atoms with van der Waals surface area (Å²) in [4.78, 5) is 0. The summed E-state index contributed by atoms with van der Waals surface area (Å²) in [5.41, 5.74) is 5.65. The highest BCUT2D eigenvalue weighted by molar-refractivity contribution is 6.15. The van der Waals surface area contributed by atoms with Gasteiger partial charge in [-0.15, -0.1) is 0 Å². The molecule has 0 aliphatic heterocycles. The Hall–Kier alpha value is -2.60. The van der Waals surface area contributed by atoms with E-state index in [0.717, 1.165) is 6.42 Å². The molecule has 1 aliphatic carbocycles. The molecule has 23 heavy (non-hydrogen) atoms. The number of fused-ring (bicyclic) bond motifs is 4. The number of benzene rings is 4. The smallest absolute Gasteiger partial charge is 0.00633 e. The average molecular weight is 294 g/mol. The number of allylic oxidation sites excluding steroid dienone is 1. The van der Waals surface area contributed by atoms with Crippen LogP contribution in [-0.4, -0.2) is 0 Å². The van der Waals surface area contributed by atoms with E-state index in [9.17, 15) is 0 Å². The van der Waals surface area contributed by atoms with Crippen molar-refractivity contribution in [1.82, 2.24) is 0 Å². The van der Waals surface area contributed by atoms with Gasteiger partial charge in [0.25, 0.3) is 0 Å². The zero-order chi connectivity index (χ0) is 15.6. The van der Waals surface area contributed by atoms with E-state index in [0.29, 0.717) is 0 Å². The van der Waals surface area contributed by atoms with E-state index in [4.69, 9.17) is 0 Å². The van der Waals surface area contributed by atoms with Gasteiger partial charge in [-0.25, -0.2) is 0 Å². The predicted octanol–water partition coefficient (Wildman–Crippen LogP) is 6.33. The molecule has 0 aromatic heterocycles. The van der Waals surface area contributed by atoms with E-state index in [2.05, 4.69) is 74.5 Å². The lowest BCUT2D eigenvalue weighted by atomic mass is 9.84. The van der Waals surface area contributed by atoms with Crippen LogP contribution in [0.3, 0.4) is 0 Å². The third-order valence-electron chi connectivity index (χ3n) is 5.30. The summed E-state index contributed by atoms with van der Waals surface area (Å²) in [6, 6.07) is 18.0. The van der Waals surface area contributed by atoms with Crippen LogP contribution in [0.5, 0.6) is 0 Å². The van der Waals surface area contributed by atoms with Gasteiger partial charge in [0.05, 0.1) is 0 Å². The molecule has 0 nitrogen and oxygen atoms in total. The van der Waals surface area contributed by atoms with Crippen LogP contribution in [0, 0.1) is 13.8 Å². The summed E-state index contributed by atoms with van der Waals surface area (Å²) in [6.07, 6.45) is 5.67. The predicted molar refractivity (Wildman–Crippen MR) is 101 cm³/mol. The van der Waals surface area contributed by atoms with Crippen molar-refractivity contribution in [2.45, 2.75) is 20.3 Å². The summed E-state index contributed by atoms with van der Waals surface area (Å²) in [6.45, 7) is 4.46. The first-order valence-corrected chi connectivity index (χ1v) is 8.28. The molecule has 0 saturated carbocycles. The molecule has 0 spiro atoms. The Labute approximate surface area is 136 Å². The Morgan fingerprint density at radius 3 is 2.48 bits per heavy atom. The minimum atomic E-state index is 1.03. The minimum absolute atomic E-state index is 1.03. The first kappa shape index (κ1) is 12.9. The third-order valence-corrected chi connectivity index (χ3v) is 5.30. The van der Waals surface area contributed by atoms with Gasteiger partial charge in [-0.2, -0.15) is 0 Å². The molecule has 0 bridgehead atoms. The lowest BCUT2D eigenvalue weighted by Crippen LogP contribution is -1.98. The third kappa shape index (κ3) is 1.66. The summed E-state index contributed by atoms with van der Waals surface area (Å²) < 4.78 is 0. The highest BCUT2D eigenvalue weighted by Gasteiger charge is 2.17. The maximum Gasteiger partial charge on any atom is -0.00633 e. The average Bonchev–Trinajstić information content (AvgIpc) is 2.58. The van der Waals surface area contributed by atoms with Crippen LogP contribution in [0.25, 0.3) is 38.4 Å². The van der Waals surface area contributed by atoms with Gasteiger partial charge in [0.2, 0.25) is 0 Å². The van der Waals surface area contributed by atoms with E-state index in [-0.39, 0.29) is 0 Å². The lowest BCUT2D eigenvalue weighted by Gasteiger charge is -2.20. The molecule has 0 amide bonds. The van der Waals surface area contributed by atoms with Crippen LogP contribution >= 0.6 is 0 Å². The standard InChI is InChI=1S/C23H18/c1-14-10-11-15(2)22-20-9-5-8-19-18-7-4-3-6-16(18)12-17(23(19)20)13-21(14)22/h3-8,10-13H,9H2,1-2H3. The first-order chi connectivity index (χ1) is 11.2. The molecule has 0 fully saturated rings. The molecule has 4 aromatic carbocycles. The molecule has 0 radical (unpaired) electrons. The van der Waals surface area contributed by atoms with Crippen LogP contribution in [0.4, 0.5) is 0 Å². The van der Waals surface area contributed by atoms with Crippen molar-refractivity contribution < 1.29 is 0 Å². The normalized spacial score (nSPS) is 13.3. The highest BCUT2D eigenvalue weighted by atomic mass is 14.2. The summed E-state index contributed by atoms with van der Waals surface area (Å²) in [5.74, 6) is 0. The van der Waals surface area contributed by atoms with Crippen molar-refractivity contribution in [3.8, 4) is 0 Å². The van der Waals surface area contributed by atoms with Crippen molar-refractivity contribution in [2.24, 2.45) is 0 Å². The first-order valence-electron chi connectivity index (χ1n) is 8.28. The van der Waals surface area contributed by atoms with Gasteiger partial charge >= 0.3 is 0 Å². The lowest BCUT2D eigenvalue weighted by molar-refractivity contribution is 1.31. The molecule has 0 heteroatoms. The number of hydrogen-bond donors (Lipinski definition) is 0. The molecule has 4 aromatic rings. The molecule has 5 rings (SSSR count). The Kier molecular flexibility index (Phi) is 2.50. The van der Waals surface area contributed by atoms with Crippen molar-refractivity contribution in [1.29, 1.82) is 0 Å². The van der Waals surface area contributed by atoms with Gasteiger partial charge in [0.15, 0.2) is 0 Å². The second kappa shape index (κ2) is 4.45. The van der Waals surface area contributed by atoms with Crippen molar-refractivity contribution in [2.75, 3.05) is 0 Å². The number of aryl methyl sites for hydroxylation is 2. The molecular formula is C23H18. The Bertz CT molecular complexity index is 1140. The summed E-state index contributed by atoms with van der Waals surface area (Å²) >= 11 is 0. The van der Waals surface area contributed by atoms with Gasteiger partial charge in [-0.1, -0.05) is 48.6 Å². The fourth-order valence-electron chi connectivity index (χ4n) is 4.22. The van der Waals surface area contributed by atoms with Crippen molar-refractivity contribution in [3.63, 3.8) is 0 Å². The summed E-state index contributed by atoms with van der Waals surface area (Å²) in [7, 11) is 0. The van der Waals surface area contributed by atoms with Gasteiger partial charge in [0, 0.05) is 0 Å². The molecule has 0 saturated heterocycles. The van der Waals surface area contributed by atoms with Crippen molar-refractivity contribution >= 4 is 38.4 Å². The minimum Gasteiger partial charge on any atom is -0.0794 e. The summed E-state index contributed by atoms with van der Waals surface area (Å²) in [5, 5.41) is 8.38. The zero-order valence-electron chi connectivity index (χ0n) is 13.5. The topological polar surface area (TPSA) is 0 Å². The van der Waals surface area contributed by atoms with Crippen LogP contribution in [0.1, 0.15) is 22.3 Å². The molecule has 0 heterocycles. The molecule has 0 atom stereocenters. The second-order valence-electron chi connectivity index (χ2n) is 6.69. The SMILES string of the molecule is Cc1ccc(C)c2c3c4c(c5ccccc5cc4cc12)C=CC3. The molecule has 1 aliphatic rings. The maximum absolute atomic E-state index is 2.39. The van der Waals surface area contributed by atoms with Gasteiger partial charge in [-0.05, 0) is 87.0 Å². The maximum atomic E-state index is 2.39. The Balaban J connectivity index is 2.13. The van der Waals surface area contributed by atoms with Gasteiger partial charge in [0.1, 0.15) is 0 Å². The molecule has 0 N–H and O–H groups in total. The van der Waals surface area contributed by atoms with E-state index >= 15 is 0 Å².